The van der Waals surface area contributed by atoms with Gasteiger partial charge in [-0.15, -0.1) is 12.4 Å². The molecule has 8 heteroatoms. The number of oxazole rings is 1. The molecule has 4 rings (SSSR count). The summed E-state index contributed by atoms with van der Waals surface area (Å²) in [5, 5.41) is 0. The van der Waals surface area contributed by atoms with E-state index in [-0.39, 0.29) is 36.2 Å². The molecule has 1 aromatic carbocycles. The number of halogens is 1. The summed E-state index contributed by atoms with van der Waals surface area (Å²) in [6.45, 7) is 3.56. The van der Waals surface area contributed by atoms with Gasteiger partial charge in [-0.2, -0.15) is 0 Å². The monoisotopic (exact) mass is 418 g/mol. The van der Waals surface area contributed by atoms with Crippen LogP contribution in [0.25, 0.3) is 11.5 Å². The number of nitrogens with zero attached hydrogens (tertiary/aromatic N) is 3. The number of hydrogen-bond acceptors (Lipinski definition) is 5. The minimum absolute atomic E-state index is 0. The highest BCUT2D eigenvalue weighted by Crippen LogP contribution is 2.28. The van der Waals surface area contributed by atoms with E-state index < -0.39 is 0 Å². The van der Waals surface area contributed by atoms with E-state index in [1.54, 1.807) is 4.90 Å². The van der Waals surface area contributed by atoms with Crippen molar-refractivity contribution in [2.45, 2.75) is 38.8 Å². The van der Waals surface area contributed by atoms with Crippen molar-refractivity contribution in [2.75, 3.05) is 19.6 Å². The average molecular weight is 419 g/mol. The van der Waals surface area contributed by atoms with Crippen LogP contribution in [0.1, 0.15) is 31.2 Å². The van der Waals surface area contributed by atoms with Gasteiger partial charge in [-0.3, -0.25) is 9.59 Å². The Bertz CT molecular complexity index is 870. The summed E-state index contributed by atoms with van der Waals surface area (Å²) in [4.78, 5) is 33.2. The van der Waals surface area contributed by atoms with Crippen molar-refractivity contribution in [3.05, 3.63) is 41.8 Å². The van der Waals surface area contributed by atoms with E-state index in [1.165, 1.54) is 6.92 Å². The molecule has 0 bridgehead atoms. The largest absolute Gasteiger partial charge is 0.441 e. The number of carbonyl (C=O) groups is 2. The number of hydrogen-bond donors (Lipinski definition) is 1. The van der Waals surface area contributed by atoms with Gasteiger partial charge in [-0.05, 0) is 25.0 Å². The lowest BCUT2D eigenvalue weighted by molar-refractivity contribution is -0.138. The highest BCUT2D eigenvalue weighted by Gasteiger charge is 2.33. The highest BCUT2D eigenvalue weighted by molar-refractivity contribution is 5.85. The number of nitrogens with two attached hydrogens (primary N) is 1. The second-order valence-corrected chi connectivity index (χ2v) is 7.72. The van der Waals surface area contributed by atoms with Gasteiger partial charge in [0.25, 0.3) is 0 Å². The molecule has 2 aromatic rings. The molecule has 0 aliphatic carbocycles. The van der Waals surface area contributed by atoms with Crippen LogP contribution in [0.2, 0.25) is 0 Å². The predicted octanol–water partition coefficient (Wildman–Crippen LogP) is 2.23. The third-order valence-corrected chi connectivity index (χ3v) is 5.64. The summed E-state index contributed by atoms with van der Waals surface area (Å²) in [6, 6.07) is 9.71. The lowest BCUT2D eigenvalue weighted by Crippen LogP contribution is -2.44. The fraction of sp³-hybridized carbons (Fsp3) is 0.476. The van der Waals surface area contributed by atoms with E-state index in [0.29, 0.717) is 44.9 Å². The summed E-state index contributed by atoms with van der Waals surface area (Å²) < 4.78 is 5.93. The molecule has 0 unspecified atom stereocenters. The molecule has 156 valence electrons. The Kier molecular flexibility index (Phi) is 6.59. The lowest BCUT2D eigenvalue weighted by Gasteiger charge is -2.30. The van der Waals surface area contributed by atoms with E-state index in [9.17, 15) is 9.59 Å². The van der Waals surface area contributed by atoms with Crippen LogP contribution in [-0.4, -0.2) is 52.3 Å². The van der Waals surface area contributed by atoms with Gasteiger partial charge in [0.1, 0.15) is 11.5 Å². The molecule has 1 aromatic heterocycles. The Balaban J connectivity index is 0.00000240. The Morgan fingerprint density at radius 3 is 2.62 bits per heavy atom. The van der Waals surface area contributed by atoms with Crippen LogP contribution in [-0.2, 0) is 22.6 Å². The van der Waals surface area contributed by atoms with Crippen LogP contribution in [0.15, 0.2) is 34.7 Å². The van der Waals surface area contributed by atoms with Gasteiger partial charge in [0, 0.05) is 44.6 Å². The van der Waals surface area contributed by atoms with Crippen molar-refractivity contribution in [2.24, 2.45) is 11.7 Å². The summed E-state index contributed by atoms with van der Waals surface area (Å²) in [7, 11) is 0. The molecule has 2 amide bonds. The molecule has 0 radical (unpaired) electrons. The molecule has 2 aliphatic heterocycles. The summed E-state index contributed by atoms with van der Waals surface area (Å²) in [6.07, 6.45) is 2.12. The van der Waals surface area contributed by atoms with E-state index in [4.69, 9.17) is 10.2 Å². The molecule has 2 aliphatic rings. The lowest BCUT2D eigenvalue weighted by atomic mass is 9.99. The molecule has 3 heterocycles. The van der Waals surface area contributed by atoms with Gasteiger partial charge < -0.3 is 20.0 Å². The first-order valence-corrected chi connectivity index (χ1v) is 9.85. The van der Waals surface area contributed by atoms with Gasteiger partial charge in [0.15, 0.2) is 0 Å². The van der Waals surface area contributed by atoms with Crippen LogP contribution < -0.4 is 5.73 Å². The molecule has 7 nitrogen and oxygen atoms in total. The predicted molar refractivity (Wildman–Crippen MR) is 111 cm³/mol. The van der Waals surface area contributed by atoms with Crippen molar-refractivity contribution in [3.63, 3.8) is 0 Å². The fourth-order valence-electron chi connectivity index (χ4n) is 4.03. The van der Waals surface area contributed by atoms with Crippen molar-refractivity contribution in [1.82, 2.24) is 14.8 Å². The topological polar surface area (TPSA) is 92.7 Å². The fourth-order valence-corrected chi connectivity index (χ4v) is 4.03. The maximum atomic E-state index is 13.2. The number of fused-ring (bicyclic) bond motifs is 1. The van der Waals surface area contributed by atoms with Crippen molar-refractivity contribution >= 4 is 24.2 Å². The number of rotatable bonds is 2. The zero-order valence-electron chi connectivity index (χ0n) is 16.5. The Morgan fingerprint density at radius 1 is 1.14 bits per heavy atom. The van der Waals surface area contributed by atoms with Crippen LogP contribution >= 0.6 is 12.4 Å². The molecule has 29 heavy (non-hydrogen) atoms. The van der Waals surface area contributed by atoms with Crippen molar-refractivity contribution in [1.29, 1.82) is 0 Å². The molecule has 1 fully saturated rings. The molecule has 2 N–H and O–H groups in total. The van der Waals surface area contributed by atoms with E-state index >= 15 is 0 Å². The second kappa shape index (κ2) is 8.97. The zero-order chi connectivity index (χ0) is 19.7. The number of likely N-dealkylation sites (tertiary alicyclic amines) is 1. The maximum Gasteiger partial charge on any atom is 0.227 e. The van der Waals surface area contributed by atoms with E-state index in [0.717, 1.165) is 23.4 Å². The number of carbonyl (C=O) groups excluding carboxylic acids is 2. The van der Waals surface area contributed by atoms with Gasteiger partial charge in [-0.25, -0.2) is 4.98 Å². The van der Waals surface area contributed by atoms with Gasteiger partial charge in [0.05, 0.1) is 12.5 Å². The van der Waals surface area contributed by atoms with E-state index in [1.807, 2.05) is 35.2 Å². The van der Waals surface area contributed by atoms with Crippen LogP contribution in [0, 0.1) is 5.92 Å². The average Bonchev–Trinajstić information content (AvgIpc) is 3.03. The van der Waals surface area contributed by atoms with Crippen LogP contribution in [0.5, 0.6) is 0 Å². The molecular formula is C21H27ClN4O3. The SMILES string of the molecule is CC(=O)N1C[C@H](N)CC[C@H](C(=O)N2CCc3oc(-c4ccccc4)nc3C2)C1.Cl. The normalized spacial score (nSPS) is 21.7. The minimum atomic E-state index is -0.209. The zero-order valence-corrected chi connectivity index (χ0v) is 17.4. The van der Waals surface area contributed by atoms with Gasteiger partial charge >= 0.3 is 0 Å². The molecule has 1 saturated heterocycles. The molecular weight excluding hydrogens is 392 g/mol. The first-order valence-electron chi connectivity index (χ1n) is 9.85. The smallest absolute Gasteiger partial charge is 0.227 e. The Labute approximate surface area is 176 Å². The molecule has 2 atom stereocenters. The van der Waals surface area contributed by atoms with Crippen LogP contribution in [0.3, 0.4) is 0 Å². The van der Waals surface area contributed by atoms with Gasteiger partial charge in [0.2, 0.25) is 17.7 Å². The third kappa shape index (κ3) is 4.62. The number of aromatic nitrogens is 1. The third-order valence-electron chi connectivity index (χ3n) is 5.64. The number of amides is 2. The van der Waals surface area contributed by atoms with Gasteiger partial charge in [-0.1, -0.05) is 18.2 Å². The highest BCUT2D eigenvalue weighted by atomic mass is 35.5. The Hall–Kier alpha value is -2.38. The molecule has 0 spiro atoms. The first-order chi connectivity index (χ1) is 13.5. The maximum absolute atomic E-state index is 13.2. The summed E-state index contributed by atoms with van der Waals surface area (Å²) >= 11 is 0. The summed E-state index contributed by atoms with van der Waals surface area (Å²) in [5.41, 5.74) is 7.84. The minimum Gasteiger partial charge on any atom is -0.441 e. The standard InChI is InChI=1S/C21H26N4O3.ClH/c1-14(26)25-11-16(7-8-17(22)12-25)21(27)24-10-9-19-18(13-24)23-20(28-19)15-5-3-2-4-6-15;/h2-6,16-17H,7-13,22H2,1H3;1H/t16-,17+;/m0./s1. The number of benzene rings is 1. The van der Waals surface area contributed by atoms with Crippen molar-refractivity contribution in [3.8, 4) is 11.5 Å². The second-order valence-electron chi connectivity index (χ2n) is 7.72. The first kappa shape index (κ1) is 21.3. The van der Waals surface area contributed by atoms with Crippen molar-refractivity contribution < 1.29 is 14.0 Å². The molecule has 0 saturated carbocycles. The quantitative estimate of drug-likeness (QED) is 0.807. The summed E-state index contributed by atoms with van der Waals surface area (Å²) in [5.74, 6) is 1.30. The van der Waals surface area contributed by atoms with E-state index in [2.05, 4.69) is 4.98 Å². The van der Waals surface area contributed by atoms with Crippen LogP contribution in [0.4, 0.5) is 0 Å². The Morgan fingerprint density at radius 2 is 1.90 bits per heavy atom.